The fourth-order valence-electron chi connectivity index (χ4n) is 5.96. The first kappa shape index (κ1) is 43.4. The molecule has 6 heteroatoms. The molecule has 0 fully saturated rings. The van der Waals surface area contributed by atoms with E-state index < -0.39 is 11.2 Å². The van der Waals surface area contributed by atoms with E-state index in [1.807, 2.05) is 52.0 Å². The molecule has 0 aliphatic heterocycles. The Morgan fingerprint density at radius 2 is 1.00 bits per heavy atom. The molecule has 1 rings (SSSR count). The van der Waals surface area contributed by atoms with Crippen LogP contribution in [0, 0.1) is 11.8 Å². The second-order valence-electron chi connectivity index (χ2n) is 14.0. The smallest absolute Gasteiger partial charge is 0.164 e. The van der Waals surface area contributed by atoms with E-state index in [0.717, 1.165) is 75.7 Å². The van der Waals surface area contributed by atoms with Crippen LogP contribution >= 0.6 is 0 Å². The molecule has 1 aromatic carbocycles. The van der Waals surface area contributed by atoms with Gasteiger partial charge in [0, 0.05) is 26.1 Å². The van der Waals surface area contributed by atoms with Gasteiger partial charge in [0.05, 0.1) is 25.4 Å². The van der Waals surface area contributed by atoms with Crippen molar-refractivity contribution in [1.29, 1.82) is 0 Å². The quantitative estimate of drug-likeness (QED) is 0.0851. The van der Waals surface area contributed by atoms with Crippen LogP contribution in [0.1, 0.15) is 164 Å². The first-order chi connectivity index (χ1) is 22.5. The second kappa shape index (κ2) is 23.7. The zero-order valence-electron chi connectivity index (χ0n) is 32.1. The summed E-state index contributed by atoms with van der Waals surface area (Å²) in [6.07, 6.45) is 11.5. The van der Waals surface area contributed by atoms with Gasteiger partial charge >= 0.3 is 0 Å². The number of ether oxygens (including phenoxy) is 4. The van der Waals surface area contributed by atoms with Crippen molar-refractivity contribution in [1.82, 2.24) is 0 Å². The Morgan fingerprint density at radius 3 is 1.38 bits per heavy atom. The third kappa shape index (κ3) is 15.7. The Kier molecular flexibility index (Phi) is 21.9. The summed E-state index contributed by atoms with van der Waals surface area (Å²) < 4.78 is 24.6. The molecule has 0 saturated carbocycles. The van der Waals surface area contributed by atoms with Crippen LogP contribution in [0.15, 0.2) is 24.3 Å². The molecular formula is C41H72O6. The van der Waals surface area contributed by atoms with Gasteiger partial charge in [-0.25, -0.2) is 0 Å². The summed E-state index contributed by atoms with van der Waals surface area (Å²) in [6, 6.07) is 8.15. The van der Waals surface area contributed by atoms with Crippen LogP contribution in [0.2, 0.25) is 0 Å². The van der Waals surface area contributed by atoms with Crippen LogP contribution in [0.4, 0.5) is 0 Å². The molecule has 0 amide bonds. The number of rotatable bonds is 29. The molecule has 3 atom stereocenters. The molecule has 0 bridgehead atoms. The van der Waals surface area contributed by atoms with Crippen molar-refractivity contribution in [3.63, 3.8) is 0 Å². The summed E-state index contributed by atoms with van der Waals surface area (Å²) >= 11 is 0. The minimum Gasteiger partial charge on any atom is -0.378 e. The van der Waals surface area contributed by atoms with E-state index in [1.54, 1.807) is 0 Å². The van der Waals surface area contributed by atoms with E-state index in [1.165, 1.54) is 0 Å². The zero-order chi connectivity index (χ0) is 35.3. The number of ketones is 2. The molecular weight excluding hydrogens is 588 g/mol. The van der Waals surface area contributed by atoms with Gasteiger partial charge in [-0.15, -0.1) is 0 Å². The summed E-state index contributed by atoms with van der Waals surface area (Å²) in [6.45, 7) is 23.4. The van der Waals surface area contributed by atoms with Gasteiger partial charge in [0.15, 0.2) is 11.6 Å². The number of carbonyl (C=O) groups excluding carboxylic acids is 2. The average Bonchev–Trinajstić information content (AvgIpc) is 3.10. The lowest BCUT2D eigenvalue weighted by molar-refractivity contribution is -0.148. The van der Waals surface area contributed by atoms with E-state index in [0.29, 0.717) is 69.4 Å². The fraction of sp³-hybridized carbons (Fsp3) is 0.805. The second-order valence-corrected chi connectivity index (χ2v) is 14.0. The summed E-state index contributed by atoms with van der Waals surface area (Å²) in [5.41, 5.74) is 0.488. The monoisotopic (exact) mass is 661 g/mol. The van der Waals surface area contributed by atoms with Crippen LogP contribution in [0.3, 0.4) is 0 Å². The highest BCUT2D eigenvalue weighted by Crippen LogP contribution is 2.28. The van der Waals surface area contributed by atoms with Crippen molar-refractivity contribution in [3.8, 4) is 0 Å². The normalized spacial score (nSPS) is 14.8. The molecule has 47 heavy (non-hydrogen) atoms. The Labute approximate surface area is 289 Å². The van der Waals surface area contributed by atoms with E-state index in [2.05, 4.69) is 41.5 Å². The number of Topliss-reactive ketones (excluding diaryl/α,β-unsaturated/α-hetero) is 2. The Balaban J connectivity index is 2.59. The molecule has 0 spiro atoms. The van der Waals surface area contributed by atoms with Crippen LogP contribution < -0.4 is 0 Å². The number of hydrogen-bond donors (Lipinski definition) is 0. The predicted octanol–water partition coefficient (Wildman–Crippen LogP) is 10.6. The third-order valence-electron chi connectivity index (χ3n) is 10.5. The lowest BCUT2D eigenvalue weighted by Gasteiger charge is -2.31. The van der Waals surface area contributed by atoms with Crippen molar-refractivity contribution >= 4 is 11.6 Å². The van der Waals surface area contributed by atoms with Gasteiger partial charge in [0.2, 0.25) is 0 Å². The highest BCUT2D eigenvalue weighted by molar-refractivity contribution is 5.87. The van der Waals surface area contributed by atoms with E-state index >= 15 is 0 Å². The highest BCUT2D eigenvalue weighted by Gasteiger charge is 2.35. The van der Waals surface area contributed by atoms with Gasteiger partial charge in [-0.3, -0.25) is 9.59 Å². The summed E-state index contributed by atoms with van der Waals surface area (Å²) in [5.74, 6) is 1.24. The molecule has 0 saturated heterocycles. The van der Waals surface area contributed by atoms with Crippen LogP contribution in [-0.2, 0) is 41.8 Å². The molecule has 0 heterocycles. The molecule has 0 aromatic heterocycles. The van der Waals surface area contributed by atoms with Crippen molar-refractivity contribution in [2.24, 2.45) is 11.8 Å². The predicted molar refractivity (Wildman–Crippen MR) is 195 cm³/mol. The van der Waals surface area contributed by atoms with Gasteiger partial charge in [-0.05, 0) is 101 Å². The molecule has 272 valence electrons. The van der Waals surface area contributed by atoms with Crippen LogP contribution in [0.25, 0.3) is 0 Å². The maximum atomic E-state index is 13.4. The largest absolute Gasteiger partial charge is 0.378 e. The van der Waals surface area contributed by atoms with E-state index in [9.17, 15) is 9.59 Å². The maximum Gasteiger partial charge on any atom is 0.164 e. The Bertz CT molecular complexity index is 963. The van der Waals surface area contributed by atoms with Crippen molar-refractivity contribution in [3.05, 3.63) is 35.4 Å². The molecule has 0 radical (unpaired) electrons. The van der Waals surface area contributed by atoms with Crippen molar-refractivity contribution < 1.29 is 28.5 Å². The number of hydrogen-bond acceptors (Lipinski definition) is 6. The Hall–Kier alpha value is -1.60. The fourth-order valence-corrected chi connectivity index (χ4v) is 5.96. The highest BCUT2D eigenvalue weighted by atomic mass is 16.5. The maximum absolute atomic E-state index is 13.4. The molecule has 0 N–H and O–H groups in total. The molecule has 3 unspecified atom stereocenters. The van der Waals surface area contributed by atoms with Crippen molar-refractivity contribution in [2.45, 2.75) is 189 Å². The minimum absolute atomic E-state index is 0.169. The zero-order valence-corrected chi connectivity index (χ0v) is 32.1. The van der Waals surface area contributed by atoms with Gasteiger partial charge < -0.3 is 18.9 Å². The first-order valence-electron chi connectivity index (χ1n) is 19.1. The minimum atomic E-state index is -0.798. The van der Waals surface area contributed by atoms with E-state index in [-0.39, 0.29) is 11.6 Å². The SMILES string of the molecule is CCC(CC)OCCC(C)CCC(=O)C(C)(CC)OCc1ccc(COC(CC)(CC)C(=O)CCC(C)CCOC(CC)CC)cc1. The first-order valence-corrected chi connectivity index (χ1v) is 19.1. The van der Waals surface area contributed by atoms with Gasteiger partial charge in [-0.1, -0.05) is 86.6 Å². The number of carbonyl (C=O) groups is 2. The molecule has 0 aliphatic carbocycles. The molecule has 6 nitrogen and oxygen atoms in total. The summed E-state index contributed by atoms with van der Waals surface area (Å²) in [7, 11) is 0. The topological polar surface area (TPSA) is 71.1 Å². The van der Waals surface area contributed by atoms with Gasteiger partial charge in [0.1, 0.15) is 11.2 Å². The average molecular weight is 661 g/mol. The molecule has 0 aliphatic rings. The van der Waals surface area contributed by atoms with Gasteiger partial charge in [0.25, 0.3) is 0 Å². The lowest BCUT2D eigenvalue weighted by atomic mass is 9.87. The van der Waals surface area contributed by atoms with Crippen LogP contribution in [0.5, 0.6) is 0 Å². The lowest BCUT2D eigenvalue weighted by Crippen LogP contribution is -2.40. The summed E-state index contributed by atoms with van der Waals surface area (Å²) in [5, 5.41) is 0. The van der Waals surface area contributed by atoms with Crippen molar-refractivity contribution in [2.75, 3.05) is 13.2 Å². The number of benzene rings is 1. The van der Waals surface area contributed by atoms with E-state index in [4.69, 9.17) is 18.9 Å². The molecule has 1 aromatic rings. The standard InChI is InChI=1S/C41H72O6/c1-11-36(12-2)44-28-26-32(8)18-24-38(42)40(10,15-5)46-30-34-20-22-35(23-21-34)31-47-41(16-6,17-7)39(43)25-19-33(9)27-29-45-37(13-3)14-4/h20-23,32-33,36-37H,11-19,24-31H2,1-10H3. The Morgan fingerprint density at radius 1 is 0.596 bits per heavy atom. The third-order valence-corrected chi connectivity index (χ3v) is 10.5. The summed E-state index contributed by atoms with van der Waals surface area (Å²) in [4.78, 5) is 26.6. The van der Waals surface area contributed by atoms with Crippen LogP contribution in [-0.4, -0.2) is 48.2 Å². The van der Waals surface area contributed by atoms with Gasteiger partial charge in [-0.2, -0.15) is 0 Å².